The van der Waals surface area contributed by atoms with Crippen molar-refractivity contribution in [2.75, 3.05) is 18.2 Å². The lowest BCUT2D eigenvalue weighted by Crippen LogP contribution is -2.14. The van der Waals surface area contributed by atoms with Crippen LogP contribution in [0.25, 0.3) is 11.0 Å². The molecule has 0 atom stereocenters. The number of halogens is 1. The number of aromatic nitrogens is 3. The van der Waals surface area contributed by atoms with Crippen molar-refractivity contribution in [3.63, 3.8) is 0 Å². The zero-order chi connectivity index (χ0) is 15.7. The van der Waals surface area contributed by atoms with Crippen LogP contribution in [-0.2, 0) is 0 Å². The van der Waals surface area contributed by atoms with Gasteiger partial charge in [-0.1, -0.05) is 17.7 Å². The van der Waals surface area contributed by atoms with E-state index in [-0.39, 0.29) is 16.5 Å². The van der Waals surface area contributed by atoms with Crippen LogP contribution in [0.5, 0.6) is 5.75 Å². The molecule has 0 aliphatic heterocycles. The number of aromatic amines is 1. The van der Waals surface area contributed by atoms with E-state index in [2.05, 4.69) is 20.7 Å². The molecule has 22 heavy (non-hydrogen) atoms. The Balaban J connectivity index is 1.98. The van der Waals surface area contributed by atoms with Crippen LogP contribution < -0.4 is 15.8 Å². The fraction of sp³-hybridized carbons (Fsp3) is 0.0714. The molecule has 2 aromatic carbocycles. The predicted octanol–water partition coefficient (Wildman–Crippen LogP) is 2.45. The first-order valence-corrected chi connectivity index (χ1v) is 6.72. The Kier molecular flexibility index (Phi) is 3.56. The number of para-hydroxylation sites is 1. The van der Waals surface area contributed by atoms with Gasteiger partial charge in [-0.2, -0.15) is 15.4 Å². The number of fused-ring (bicyclic) bond motifs is 1. The van der Waals surface area contributed by atoms with E-state index in [1.54, 1.807) is 18.2 Å². The van der Waals surface area contributed by atoms with E-state index in [4.69, 9.17) is 22.1 Å². The summed E-state index contributed by atoms with van der Waals surface area (Å²) in [5, 5.41) is 13.5. The number of ether oxygens (including phenoxy) is 1. The highest BCUT2D eigenvalue weighted by Crippen LogP contribution is 2.30. The van der Waals surface area contributed by atoms with Crippen LogP contribution in [0.2, 0.25) is 5.02 Å². The third-order valence-corrected chi connectivity index (χ3v) is 3.49. The van der Waals surface area contributed by atoms with Crippen LogP contribution in [0.15, 0.2) is 30.3 Å². The highest BCUT2D eigenvalue weighted by atomic mass is 35.5. The van der Waals surface area contributed by atoms with Gasteiger partial charge in [0.25, 0.3) is 5.91 Å². The topological polar surface area (TPSA) is 106 Å². The molecule has 4 N–H and O–H groups in total. The standard InChI is InChI=1S/C14H12ClN5O2/c1-22-12-6-9(16)8(15)5-7(12)14(21)17-10-3-2-4-11-13(10)19-20-18-11/h2-6H,16H2,1H3,(H,17,21)(H,18,19,20). The number of H-pyrrole nitrogens is 1. The van der Waals surface area contributed by atoms with Gasteiger partial charge in [0.2, 0.25) is 0 Å². The highest BCUT2D eigenvalue weighted by molar-refractivity contribution is 6.33. The summed E-state index contributed by atoms with van der Waals surface area (Å²) in [5.74, 6) is -0.0408. The smallest absolute Gasteiger partial charge is 0.259 e. The summed E-state index contributed by atoms with van der Waals surface area (Å²) in [6, 6.07) is 8.26. The zero-order valence-electron chi connectivity index (χ0n) is 11.6. The number of nitrogens with two attached hydrogens (primary N) is 1. The molecule has 1 aromatic heterocycles. The minimum Gasteiger partial charge on any atom is -0.496 e. The van der Waals surface area contributed by atoms with Crippen molar-refractivity contribution in [2.24, 2.45) is 0 Å². The van der Waals surface area contributed by atoms with Crippen molar-refractivity contribution in [3.05, 3.63) is 40.9 Å². The fourth-order valence-electron chi connectivity index (χ4n) is 2.07. The first-order valence-electron chi connectivity index (χ1n) is 6.34. The second-order valence-corrected chi connectivity index (χ2v) is 4.93. The van der Waals surface area contributed by atoms with Crippen LogP contribution >= 0.6 is 11.6 Å². The number of methoxy groups -OCH3 is 1. The SMILES string of the molecule is COc1cc(N)c(Cl)cc1C(=O)Nc1cccc2n[nH]nc12. The van der Waals surface area contributed by atoms with Crippen LogP contribution in [0.3, 0.4) is 0 Å². The van der Waals surface area contributed by atoms with Gasteiger partial charge in [-0.25, -0.2) is 0 Å². The summed E-state index contributed by atoms with van der Waals surface area (Å²) in [7, 11) is 1.46. The molecule has 0 aliphatic carbocycles. The first kappa shape index (κ1) is 14.2. The number of nitrogens with one attached hydrogen (secondary N) is 2. The third kappa shape index (κ3) is 2.42. The van der Waals surface area contributed by atoms with Crippen LogP contribution in [0.4, 0.5) is 11.4 Å². The number of amides is 1. The van der Waals surface area contributed by atoms with Crippen molar-refractivity contribution >= 4 is 39.9 Å². The van der Waals surface area contributed by atoms with Crippen molar-refractivity contribution in [1.29, 1.82) is 0 Å². The molecule has 7 nitrogen and oxygen atoms in total. The molecular formula is C14H12ClN5O2. The molecule has 3 aromatic rings. The van der Waals surface area contributed by atoms with Crippen molar-refractivity contribution in [1.82, 2.24) is 15.4 Å². The Bertz CT molecular complexity index is 862. The van der Waals surface area contributed by atoms with Gasteiger partial charge in [0.05, 0.1) is 29.1 Å². The lowest BCUT2D eigenvalue weighted by atomic mass is 10.1. The Hall–Kier alpha value is -2.80. The van der Waals surface area contributed by atoms with Crippen LogP contribution in [0.1, 0.15) is 10.4 Å². The molecule has 112 valence electrons. The number of nitrogen functional groups attached to an aromatic ring is 1. The molecule has 1 heterocycles. The number of carbonyl (C=O) groups is 1. The summed E-state index contributed by atoms with van der Waals surface area (Å²) in [5.41, 5.74) is 8.09. The molecule has 8 heteroatoms. The minimum absolute atomic E-state index is 0.280. The van der Waals surface area contributed by atoms with Crippen molar-refractivity contribution < 1.29 is 9.53 Å². The highest BCUT2D eigenvalue weighted by Gasteiger charge is 2.16. The lowest BCUT2D eigenvalue weighted by molar-refractivity contribution is 0.102. The van der Waals surface area contributed by atoms with Gasteiger partial charge >= 0.3 is 0 Å². The molecule has 0 radical (unpaired) electrons. The van der Waals surface area contributed by atoms with E-state index in [9.17, 15) is 4.79 Å². The van der Waals surface area contributed by atoms with E-state index < -0.39 is 0 Å². The largest absolute Gasteiger partial charge is 0.496 e. The second kappa shape index (κ2) is 5.53. The van der Waals surface area contributed by atoms with E-state index in [1.807, 2.05) is 0 Å². The van der Waals surface area contributed by atoms with E-state index in [0.29, 0.717) is 28.2 Å². The predicted molar refractivity (Wildman–Crippen MR) is 84.3 cm³/mol. The summed E-state index contributed by atoms with van der Waals surface area (Å²) in [4.78, 5) is 12.5. The Morgan fingerprint density at radius 1 is 1.36 bits per heavy atom. The van der Waals surface area contributed by atoms with Crippen LogP contribution in [0, 0.1) is 0 Å². The lowest BCUT2D eigenvalue weighted by Gasteiger charge is -2.11. The monoisotopic (exact) mass is 317 g/mol. The van der Waals surface area contributed by atoms with Gasteiger partial charge in [-0.05, 0) is 18.2 Å². The van der Waals surface area contributed by atoms with Gasteiger partial charge in [0.1, 0.15) is 16.8 Å². The molecule has 3 rings (SSSR count). The van der Waals surface area contributed by atoms with Crippen molar-refractivity contribution in [2.45, 2.75) is 0 Å². The minimum atomic E-state index is -0.380. The molecule has 0 unspecified atom stereocenters. The fourth-order valence-corrected chi connectivity index (χ4v) is 2.24. The molecule has 0 aliphatic rings. The number of carbonyl (C=O) groups excluding carboxylic acids is 1. The maximum absolute atomic E-state index is 12.5. The number of hydrogen-bond donors (Lipinski definition) is 3. The molecule has 0 spiro atoms. The maximum atomic E-state index is 12.5. The average molecular weight is 318 g/mol. The van der Waals surface area contributed by atoms with E-state index in [0.717, 1.165) is 0 Å². The third-order valence-electron chi connectivity index (χ3n) is 3.16. The Morgan fingerprint density at radius 3 is 2.95 bits per heavy atom. The molecule has 1 amide bonds. The quantitative estimate of drug-likeness (QED) is 0.643. The number of rotatable bonds is 3. The summed E-state index contributed by atoms with van der Waals surface area (Å²) < 4.78 is 5.18. The van der Waals surface area contributed by atoms with Gasteiger partial charge in [-0.3, -0.25) is 4.79 Å². The molecule has 0 saturated carbocycles. The van der Waals surface area contributed by atoms with Crippen molar-refractivity contribution in [3.8, 4) is 5.75 Å². The molecular weight excluding hydrogens is 306 g/mol. The number of anilines is 2. The number of benzene rings is 2. The summed E-state index contributed by atoms with van der Waals surface area (Å²) >= 11 is 5.98. The normalized spacial score (nSPS) is 10.6. The van der Waals surface area contributed by atoms with Gasteiger partial charge in [0, 0.05) is 6.07 Å². The van der Waals surface area contributed by atoms with E-state index in [1.165, 1.54) is 19.2 Å². The second-order valence-electron chi connectivity index (χ2n) is 4.53. The van der Waals surface area contributed by atoms with E-state index >= 15 is 0 Å². The molecule has 0 saturated heterocycles. The molecule has 0 fully saturated rings. The number of nitrogens with zero attached hydrogens (tertiary/aromatic N) is 2. The summed E-state index contributed by atoms with van der Waals surface area (Å²) in [6.45, 7) is 0. The first-order chi connectivity index (χ1) is 10.6. The molecule has 0 bridgehead atoms. The average Bonchev–Trinajstić information content (AvgIpc) is 2.99. The van der Waals surface area contributed by atoms with Gasteiger partial charge in [0.15, 0.2) is 0 Å². The van der Waals surface area contributed by atoms with Gasteiger partial charge in [-0.15, -0.1) is 0 Å². The van der Waals surface area contributed by atoms with Crippen LogP contribution in [-0.4, -0.2) is 28.4 Å². The Labute approximate surface area is 130 Å². The van der Waals surface area contributed by atoms with Gasteiger partial charge < -0.3 is 15.8 Å². The zero-order valence-corrected chi connectivity index (χ0v) is 12.3. The Morgan fingerprint density at radius 2 is 2.18 bits per heavy atom. The number of hydrogen-bond acceptors (Lipinski definition) is 5. The maximum Gasteiger partial charge on any atom is 0.259 e. The summed E-state index contributed by atoms with van der Waals surface area (Å²) in [6.07, 6.45) is 0.